The zero-order valence-electron chi connectivity index (χ0n) is 9.84. The third kappa shape index (κ3) is 2.82. The van der Waals surface area contributed by atoms with Crippen molar-refractivity contribution in [2.45, 2.75) is 19.4 Å². The molecule has 1 aromatic heterocycles. The molecule has 0 saturated heterocycles. The summed E-state index contributed by atoms with van der Waals surface area (Å²) in [6.45, 7) is 2.06. The number of rotatable bonds is 4. The van der Waals surface area contributed by atoms with E-state index in [1.54, 1.807) is 12.4 Å². The molecule has 0 saturated carbocycles. The second kappa shape index (κ2) is 5.46. The van der Waals surface area contributed by atoms with Gasteiger partial charge in [0.05, 0.1) is 6.20 Å². The molecular formula is C14H16N2O. The Balaban J connectivity index is 2.27. The molecule has 0 aliphatic heterocycles. The molecule has 3 heteroatoms. The Bertz CT molecular complexity index is 471. The fraction of sp³-hybridized carbons (Fsp3) is 0.214. The first-order valence-electron chi connectivity index (χ1n) is 5.73. The zero-order chi connectivity index (χ0) is 12.1. The lowest BCUT2D eigenvalue weighted by Gasteiger charge is -2.15. The molecule has 1 atom stereocenters. The Kier molecular flexibility index (Phi) is 3.73. The molecule has 0 unspecified atom stereocenters. The third-order valence-electron chi connectivity index (χ3n) is 2.62. The van der Waals surface area contributed by atoms with Crippen molar-refractivity contribution in [3.05, 3.63) is 54.4 Å². The van der Waals surface area contributed by atoms with E-state index in [0.717, 1.165) is 23.5 Å². The Hall–Kier alpha value is -1.87. The van der Waals surface area contributed by atoms with Gasteiger partial charge in [0, 0.05) is 17.8 Å². The molecule has 1 aromatic carbocycles. The van der Waals surface area contributed by atoms with Gasteiger partial charge in [0.25, 0.3) is 0 Å². The highest BCUT2D eigenvalue weighted by Gasteiger charge is 2.10. The molecule has 17 heavy (non-hydrogen) atoms. The van der Waals surface area contributed by atoms with Crippen molar-refractivity contribution < 1.29 is 4.74 Å². The standard InChI is InChI=1S/C14H16N2O/c1-2-13(15)12-7-3-4-8-14(12)17-11-6-5-9-16-10-11/h3-10,13H,2,15H2,1H3/t13-/m1/s1. The summed E-state index contributed by atoms with van der Waals surface area (Å²) in [6.07, 6.45) is 4.29. The van der Waals surface area contributed by atoms with Crippen LogP contribution in [0, 0.1) is 0 Å². The summed E-state index contributed by atoms with van der Waals surface area (Å²) in [4.78, 5) is 4.02. The highest BCUT2D eigenvalue weighted by molar-refractivity contribution is 5.38. The van der Waals surface area contributed by atoms with Gasteiger partial charge >= 0.3 is 0 Å². The van der Waals surface area contributed by atoms with E-state index in [0.29, 0.717) is 0 Å². The van der Waals surface area contributed by atoms with Crippen LogP contribution in [-0.2, 0) is 0 Å². The lowest BCUT2D eigenvalue weighted by molar-refractivity contribution is 0.466. The highest BCUT2D eigenvalue weighted by atomic mass is 16.5. The third-order valence-corrected chi connectivity index (χ3v) is 2.62. The van der Waals surface area contributed by atoms with Crippen molar-refractivity contribution in [3.63, 3.8) is 0 Å². The number of nitrogens with zero attached hydrogens (tertiary/aromatic N) is 1. The van der Waals surface area contributed by atoms with Crippen molar-refractivity contribution in [2.24, 2.45) is 5.73 Å². The number of para-hydroxylation sites is 1. The Labute approximate surface area is 101 Å². The molecule has 0 radical (unpaired) electrons. The van der Waals surface area contributed by atoms with Crippen LogP contribution in [0.4, 0.5) is 0 Å². The second-order valence-electron chi connectivity index (χ2n) is 3.84. The number of aromatic nitrogens is 1. The molecule has 2 N–H and O–H groups in total. The minimum atomic E-state index is 0.00266. The molecule has 0 aliphatic carbocycles. The number of ether oxygens (including phenoxy) is 1. The molecule has 3 nitrogen and oxygen atoms in total. The van der Waals surface area contributed by atoms with E-state index in [4.69, 9.17) is 10.5 Å². The van der Waals surface area contributed by atoms with E-state index in [9.17, 15) is 0 Å². The van der Waals surface area contributed by atoms with Crippen LogP contribution < -0.4 is 10.5 Å². The molecule has 0 spiro atoms. The Morgan fingerprint density at radius 3 is 2.76 bits per heavy atom. The van der Waals surface area contributed by atoms with Gasteiger partial charge in [-0.3, -0.25) is 4.98 Å². The van der Waals surface area contributed by atoms with Gasteiger partial charge in [-0.15, -0.1) is 0 Å². The molecule has 2 rings (SSSR count). The predicted molar refractivity (Wildman–Crippen MR) is 68.0 cm³/mol. The number of benzene rings is 1. The monoisotopic (exact) mass is 228 g/mol. The lowest BCUT2D eigenvalue weighted by atomic mass is 10.0. The summed E-state index contributed by atoms with van der Waals surface area (Å²) in [5.41, 5.74) is 7.08. The van der Waals surface area contributed by atoms with Crippen LogP contribution in [0.1, 0.15) is 24.9 Å². The molecule has 1 heterocycles. The zero-order valence-corrected chi connectivity index (χ0v) is 9.84. The van der Waals surface area contributed by atoms with Crippen LogP contribution >= 0.6 is 0 Å². The summed E-state index contributed by atoms with van der Waals surface area (Å²) in [5, 5.41) is 0. The lowest BCUT2D eigenvalue weighted by Crippen LogP contribution is -2.09. The largest absolute Gasteiger partial charge is 0.455 e. The quantitative estimate of drug-likeness (QED) is 0.873. The average molecular weight is 228 g/mol. The van der Waals surface area contributed by atoms with Gasteiger partial charge in [-0.2, -0.15) is 0 Å². The van der Waals surface area contributed by atoms with Gasteiger partial charge in [-0.05, 0) is 24.6 Å². The second-order valence-corrected chi connectivity index (χ2v) is 3.84. The van der Waals surface area contributed by atoms with Crippen molar-refractivity contribution >= 4 is 0 Å². The van der Waals surface area contributed by atoms with Crippen LogP contribution in [0.5, 0.6) is 11.5 Å². The maximum atomic E-state index is 6.05. The maximum absolute atomic E-state index is 6.05. The van der Waals surface area contributed by atoms with Crippen molar-refractivity contribution in [3.8, 4) is 11.5 Å². The first kappa shape index (κ1) is 11.6. The van der Waals surface area contributed by atoms with Gasteiger partial charge in [0.2, 0.25) is 0 Å². The molecule has 2 aromatic rings. The molecule has 0 amide bonds. The number of hydrogen-bond acceptors (Lipinski definition) is 3. The molecule has 88 valence electrons. The predicted octanol–water partition coefficient (Wildman–Crippen LogP) is 3.28. The van der Waals surface area contributed by atoms with E-state index in [1.165, 1.54) is 0 Å². The average Bonchev–Trinajstić information content (AvgIpc) is 2.40. The van der Waals surface area contributed by atoms with Gasteiger partial charge in [-0.1, -0.05) is 25.1 Å². The van der Waals surface area contributed by atoms with Crippen molar-refractivity contribution in [1.29, 1.82) is 0 Å². The summed E-state index contributed by atoms with van der Waals surface area (Å²) in [5.74, 6) is 1.53. The Morgan fingerprint density at radius 2 is 2.06 bits per heavy atom. The van der Waals surface area contributed by atoms with Crippen molar-refractivity contribution in [2.75, 3.05) is 0 Å². The van der Waals surface area contributed by atoms with Crippen LogP contribution in [0.3, 0.4) is 0 Å². The summed E-state index contributed by atoms with van der Waals surface area (Å²) >= 11 is 0. The van der Waals surface area contributed by atoms with Gasteiger partial charge in [0.1, 0.15) is 11.5 Å². The van der Waals surface area contributed by atoms with Crippen LogP contribution in [0.25, 0.3) is 0 Å². The van der Waals surface area contributed by atoms with E-state index in [2.05, 4.69) is 11.9 Å². The van der Waals surface area contributed by atoms with E-state index >= 15 is 0 Å². The first-order valence-corrected chi connectivity index (χ1v) is 5.73. The Morgan fingerprint density at radius 1 is 1.24 bits per heavy atom. The van der Waals surface area contributed by atoms with Gasteiger partial charge in [0.15, 0.2) is 0 Å². The fourth-order valence-corrected chi connectivity index (χ4v) is 1.63. The van der Waals surface area contributed by atoms with Gasteiger partial charge in [-0.25, -0.2) is 0 Å². The van der Waals surface area contributed by atoms with E-state index in [1.807, 2.05) is 36.4 Å². The number of pyridine rings is 1. The molecule has 0 fully saturated rings. The first-order chi connectivity index (χ1) is 8.31. The highest BCUT2D eigenvalue weighted by Crippen LogP contribution is 2.29. The van der Waals surface area contributed by atoms with Gasteiger partial charge < -0.3 is 10.5 Å². The smallest absolute Gasteiger partial charge is 0.145 e. The van der Waals surface area contributed by atoms with Crippen LogP contribution in [0.15, 0.2) is 48.8 Å². The summed E-state index contributed by atoms with van der Waals surface area (Å²) < 4.78 is 5.79. The van der Waals surface area contributed by atoms with Crippen LogP contribution in [0.2, 0.25) is 0 Å². The normalized spacial score (nSPS) is 12.1. The molecular weight excluding hydrogens is 212 g/mol. The number of nitrogens with two attached hydrogens (primary N) is 1. The molecule has 0 bridgehead atoms. The van der Waals surface area contributed by atoms with E-state index < -0.39 is 0 Å². The van der Waals surface area contributed by atoms with Crippen LogP contribution in [-0.4, -0.2) is 4.98 Å². The van der Waals surface area contributed by atoms with E-state index in [-0.39, 0.29) is 6.04 Å². The maximum Gasteiger partial charge on any atom is 0.145 e. The molecule has 0 aliphatic rings. The summed E-state index contributed by atoms with van der Waals surface area (Å²) in [6, 6.07) is 11.6. The summed E-state index contributed by atoms with van der Waals surface area (Å²) in [7, 11) is 0. The minimum absolute atomic E-state index is 0.00266. The topological polar surface area (TPSA) is 48.1 Å². The number of hydrogen-bond donors (Lipinski definition) is 1. The fourth-order valence-electron chi connectivity index (χ4n) is 1.63. The SMILES string of the molecule is CC[C@@H](N)c1ccccc1Oc1cccnc1. The van der Waals surface area contributed by atoms with Crippen molar-refractivity contribution in [1.82, 2.24) is 4.98 Å². The minimum Gasteiger partial charge on any atom is -0.455 e.